The van der Waals surface area contributed by atoms with E-state index < -0.39 is 9.84 Å². The van der Waals surface area contributed by atoms with E-state index in [1.54, 1.807) is 0 Å². The number of nitrogens with one attached hydrogen (secondary N) is 3. The Hall–Kier alpha value is -3.50. The molecule has 0 bridgehead atoms. The SMILES string of the molecule is CS(=O)(=O)c1nc(Nc2ccccc2N2CCNCC2)nc2nc(-c3ccccc3)[nH]c12. The second kappa shape index (κ2) is 8.21. The number of aromatic amines is 1. The van der Waals surface area contributed by atoms with Crippen LogP contribution in [-0.4, -0.2) is 60.8 Å². The molecule has 4 aromatic rings. The number of H-pyrrole nitrogens is 1. The molecule has 1 fully saturated rings. The fourth-order valence-corrected chi connectivity index (χ4v) is 4.58. The zero-order valence-corrected chi connectivity index (χ0v) is 18.4. The van der Waals surface area contributed by atoms with Gasteiger partial charge in [-0.3, -0.25) is 0 Å². The number of piperazine rings is 1. The lowest BCUT2D eigenvalue weighted by atomic mass is 10.2. The van der Waals surface area contributed by atoms with Gasteiger partial charge in [-0.05, 0) is 12.1 Å². The summed E-state index contributed by atoms with van der Waals surface area (Å²) in [4.78, 5) is 18.8. The summed E-state index contributed by atoms with van der Waals surface area (Å²) in [7, 11) is -3.62. The Morgan fingerprint density at radius 2 is 1.66 bits per heavy atom. The van der Waals surface area contributed by atoms with E-state index in [0.717, 1.165) is 49.4 Å². The monoisotopic (exact) mass is 449 g/mol. The van der Waals surface area contributed by atoms with Crippen molar-refractivity contribution in [1.82, 2.24) is 25.3 Å². The summed E-state index contributed by atoms with van der Waals surface area (Å²) >= 11 is 0. The lowest BCUT2D eigenvalue weighted by Gasteiger charge is -2.31. The van der Waals surface area contributed by atoms with Crippen LogP contribution in [0.3, 0.4) is 0 Å². The van der Waals surface area contributed by atoms with Crippen LogP contribution in [0, 0.1) is 0 Å². The van der Waals surface area contributed by atoms with Crippen LogP contribution in [0.4, 0.5) is 17.3 Å². The number of fused-ring (bicyclic) bond motifs is 1. The maximum absolute atomic E-state index is 12.5. The Kier molecular flexibility index (Phi) is 5.24. The first-order valence-corrected chi connectivity index (χ1v) is 12.2. The van der Waals surface area contributed by atoms with Gasteiger partial charge in [-0.25, -0.2) is 13.4 Å². The quantitative estimate of drug-likeness (QED) is 0.398. The normalized spacial score (nSPS) is 14.6. The second-order valence-electron chi connectivity index (χ2n) is 7.65. The highest BCUT2D eigenvalue weighted by Crippen LogP contribution is 2.30. The van der Waals surface area contributed by atoms with Gasteiger partial charge in [0.1, 0.15) is 11.3 Å². The van der Waals surface area contributed by atoms with Crippen molar-refractivity contribution in [1.29, 1.82) is 0 Å². The summed E-state index contributed by atoms with van der Waals surface area (Å²) in [5.41, 5.74) is 3.26. The van der Waals surface area contributed by atoms with Gasteiger partial charge in [-0.2, -0.15) is 9.97 Å². The zero-order chi connectivity index (χ0) is 22.1. The standard InChI is InChI=1S/C22H23N7O2S/c1-32(30,31)21-18-20(26-19(25-18)15-7-3-2-4-8-15)27-22(28-21)24-16-9-5-6-10-17(16)29-13-11-23-12-14-29/h2-10,23H,11-14H2,1H3,(H2,24,25,26,27,28). The first kappa shape index (κ1) is 20.4. The molecular formula is C22H23N7O2S. The van der Waals surface area contributed by atoms with Crippen LogP contribution >= 0.6 is 0 Å². The summed E-state index contributed by atoms with van der Waals surface area (Å²) < 4.78 is 25.1. The molecule has 0 saturated carbocycles. The molecule has 0 unspecified atom stereocenters. The van der Waals surface area contributed by atoms with Gasteiger partial charge in [-0.15, -0.1) is 0 Å². The number of sulfone groups is 1. The van der Waals surface area contributed by atoms with E-state index in [2.05, 4.69) is 35.5 Å². The number of para-hydroxylation sites is 2. The van der Waals surface area contributed by atoms with Crippen molar-refractivity contribution in [3.05, 3.63) is 54.6 Å². The summed E-state index contributed by atoms with van der Waals surface area (Å²) in [5, 5.41) is 6.49. The van der Waals surface area contributed by atoms with Crippen molar-refractivity contribution in [3.63, 3.8) is 0 Å². The number of aromatic nitrogens is 4. The van der Waals surface area contributed by atoms with Gasteiger partial charge in [0.05, 0.1) is 11.4 Å². The van der Waals surface area contributed by atoms with E-state index in [-0.39, 0.29) is 11.0 Å². The van der Waals surface area contributed by atoms with Crippen molar-refractivity contribution < 1.29 is 8.42 Å². The Morgan fingerprint density at radius 1 is 0.938 bits per heavy atom. The van der Waals surface area contributed by atoms with Gasteiger partial charge in [0, 0.05) is 38.0 Å². The number of anilines is 3. The summed E-state index contributed by atoms with van der Waals surface area (Å²) in [5.74, 6) is 0.727. The van der Waals surface area contributed by atoms with Gasteiger partial charge in [0.15, 0.2) is 20.5 Å². The molecule has 2 aromatic carbocycles. The van der Waals surface area contributed by atoms with Gasteiger partial charge in [0.25, 0.3) is 0 Å². The number of benzene rings is 2. The third-order valence-electron chi connectivity index (χ3n) is 5.32. The molecule has 0 atom stereocenters. The highest BCUT2D eigenvalue weighted by atomic mass is 32.2. The van der Waals surface area contributed by atoms with Crippen LogP contribution in [0.2, 0.25) is 0 Å². The number of rotatable bonds is 5. The summed E-state index contributed by atoms with van der Waals surface area (Å²) in [6.07, 6.45) is 1.14. The minimum Gasteiger partial charge on any atom is -0.367 e. The van der Waals surface area contributed by atoms with Crippen LogP contribution in [0.15, 0.2) is 59.6 Å². The maximum Gasteiger partial charge on any atom is 0.230 e. The van der Waals surface area contributed by atoms with Crippen LogP contribution in [-0.2, 0) is 9.84 Å². The fourth-order valence-electron chi connectivity index (χ4n) is 3.81. The average Bonchev–Trinajstić information content (AvgIpc) is 3.23. The van der Waals surface area contributed by atoms with Crippen LogP contribution in [0.5, 0.6) is 0 Å². The second-order valence-corrected chi connectivity index (χ2v) is 9.58. The van der Waals surface area contributed by atoms with E-state index in [1.807, 2.05) is 54.6 Å². The van der Waals surface area contributed by atoms with Crippen LogP contribution in [0.25, 0.3) is 22.6 Å². The number of imidazole rings is 1. The Bertz CT molecular complexity index is 1360. The van der Waals surface area contributed by atoms with Crippen molar-refractivity contribution in [2.24, 2.45) is 0 Å². The highest BCUT2D eigenvalue weighted by Gasteiger charge is 2.22. The van der Waals surface area contributed by atoms with Crippen molar-refractivity contribution in [3.8, 4) is 11.4 Å². The molecular weight excluding hydrogens is 426 g/mol. The maximum atomic E-state index is 12.5. The molecule has 9 nitrogen and oxygen atoms in total. The third-order valence-corrected chi connectivity index (χ3v) is 6.32. The fraction of sp³-hybridized carbons (Fsp3) is 0.227. The molecule has 3 N–H and O–H groups in total. The predicted octanol–water partition coefficient (Wildman–Crippen LogP) is 2.58. The van der Waals surface area contributed by atoms with Crippen molar-refractivity contribution in [2.45, 2.75) is 5.03 Å². The number of hydrogen-bond acceptors (Lipinski definition) is 8. The lowest BCUT2D eigenvalue weighted by Crippen LogP contribution is -2.43. The summed E-state index contributed by atoms with van der Waals surface area (Å²) in [6.45, 7) is 3.58. The number of hydrogen-bond donors (Lipinski definition) is 3. The average molecular weight is 450 g/mol. The van der Waals surface area contributed by atoms with E-state index in [4.69, 9.17) is 0 Å². The van der Waals surface area contributed by atoms with E-state index in [1.165, 1.54) is 0 Å². The topological polar surface area (TPSA) is 116 Å². The molecule has 2 aromatic heterocycles. The zero-order valence-electron chi connectivity index (χ0n) is 17.5. The lowest BCUT2D eigenvalue weighted by molar-refractivity contribution is 0.589. The van der Waals surface area contributed by atoms with Crippen LogP contribution < -0.4 is 15.5 Å². The van der Waals surface area contributed by atoms with E-state index in [0.29, 0.717) is 17.0 Å². The molecule has 10 heteroatoms. The molecule has 3 heterocycles. The molecule has 0 amide bonds. The Balaban J connectivity index is 1.58. The van der Waals surface area contributed by atoms with Gasteiger partial charge in [-0.1, -0.05) is 42.5 Å². The van der Waals surface area contributed by atoms with Gasteiger partial charge in [0.2, 0.25) is 5.95 Å². The molecule has 0 aliphatic carbocycles. The molecule has 5 rings (SSSR count). The molecule has 1 aliphatic heterocycles. The molecule has 164 valence electrons. The molecule has 32 heavy (non-hydrogen) atoms. The Morgan fingerprint density at radius 3 is 2.41 bits per heavy atom. The first-order valence-electron chi connectivity index (χ1n) is 10.3. The van der Waals surface area contributed by atoms with Crippen molar-refractivity contribution >= 4 is 38.3 Å². The Labute approximate surface area is 185 Å². The van der Waals surface area contributed by atoms with Crippen molar-refractivity contribution in [2.75, 3.05) is 42.7 Å². The molecule has 1 aliphatic rings. The number of nitrogens with zero attached hydrogens (tertiary/aromatic N) is 4. The van der Waals surface area contributed by atoms with Gasteiger partial charge < -0.3 is 20.5 Å². The van der Waals surface area contributed by atoms with E-state index >= 15 is 0 Å². The third kappa shape index (κ3) is 4.02. The van der Waals surface area contributed by atoms with Crippen LogP contribution in [0.1, 0.15) is 0 Å². The predicted molar refractivity (Wildman–Crippen MR) is 125 cm³/mol. The van der Waals surface area contributed by atoms with E-state index in [9.17, 15) is 8.42 Å². The summed E-state index contributed by atoms with van der Waals surface area (Å²) in [6, 6.07) is 17.4. The molecule has 0 spiro atoms. The molecule has 1 saturated heterocycles. The highest BCUT2D eigenvalue weighted by molar-refractivity contribution is 7.90. The first-order chi connectivity index (χ1) is 15.5. The minimum atomic E-state index is -3.62. The minimum absolute atomic E-state index is 0.0839. The largest absolute Gasteiger partial charge is 0.367 e. The smallest absolute Gasteiger partial charge is 0.230 e. The van der Waals surface area contributed by atoms with Gasteiger partial charge >= 0.3 is 0 Å². The molecule has 0 radical (unpaired) electrons.